The Labute approximate surface area is 213 Å². The van der Waals surface area contributed by atoms with Crippen molar-refractivity contribution in [2.45, 2.75) is 18.2 Å². The first-order chi connectivity index (χ1) is 17.2. The first-order valence-electron chi connectivity index (χ1n) is 10.8. The van der Waals surface area contributed by atoms with Crippen LogP contribution in [0.25, 0.3) is 10.2 Å². The third kappa shape index (κ3) is 4.34. The number of hydrogen-bond acceptors (Lipinski definition) is 8. The molecule has 0 bridgehead atoms. The van der Waals surface area contributed by atoms with Crippen molar-refractivity contribution in [3.8, 4) is 0 Å². The van der Waals surface area contributed by atoms with Gasteiger partial charge in [0.25, 0.3) is 17.5 Å². The van der Waals surface area contributed by atoms with Crippen LogP contribution < -0.4 is 10.2 Å². The average Bonchev–Trinajstić information content (AvgIpc) is 3.37. The van der Waals surface area contributed by atoms with Crippen LogP contribution in [0.2, 0.25) is 0 Å². The van der Waals surface area contributed by atoms with E-state index in [-0.39, 0.29) is 28.5 Å². The Balaban J connectivity index is 1.32. The van der Waals surface area contributed by atoms with E-state index in [2.05, 4.69) is 10.3 Å². The second kappa shape index (κ2) is 9.17. The molecule has 3 amide bonds. The number of carbonyl (C=O) groups excluding carboxylic acids is 3. The van der Waals surface area contributed by atoms with Crippen LogP contribution in [0, 0.1) is 24.0 Å². The number of imide groups is 1. The predicted molar refractivity (Wildman–Crippen MR) is 139 cm³/mol. The van der Waals surface area contributed by atoms with Crippen LogP contribution in [-0.2, 0) is 4.79 Å². The van der Waals surface area contributed by atoms with E-state index in [1.165, 1.54) is 35.2 Å². The first-order valence-corrected chi connectivity index (χ1v) is 12.6. The molecule has 0 atom stereocenters. The highest BCUT2D eigenvalue weighted by molar-refractivity contribution is 8.01. The van der Waals surface area contributed by atoms with Crippen LogP contribution in [0.3, 0.4) is 0 Å². The zero-order valence-corrected chi connectivity index (χ0v) is 20.7. The quantitative estimate of drug-likeness (QED) is 0.158. The molecule has 1 N–H and O–H groups in total. The van der Waals surface area contributed by atoms with E-state index in [9.17, 15) is 24.5 Å². The SMILES string of the molecule is Cc1ccc(C)c(NC(=O)CSc2nc3ccc(N4C(=O)c5ccc([N+](=O)[O-])cc5C4=O)cc3s2)c1. The van der Waals surface area contributed by atoms with Crippen molar-refractivity contribution >= 4 is 68.1 Å². The third-order valence-corrected chi connectivity index (χ3v) is 7.85. The van der Waals surface area contributed by atoms with E-state index in [0.717, 1.165) is 32.5 Å². The second-order valence-electron chi connectivity index (χ2n) is 8.22. The number of rotatable bonds is 6. The Morgan fingerprint density at radius 1 is 1.06 bits per heavy atom. The van der Waals surface area contributed by atoms with Crippen LogP contribution in [0.15, 0.2) is 58.9 Å². The number of benzene rings is 3. The predicted octanol–water partition coefficient (Wildman–Crippen LogP) is 5.35. The molecule has 1 aliphatic heterocycles. The average molecular weight is 519 g/mol. The van der Waals surface area contributed by atoms with Gasteiger partial charge in [0.15, 0.2) is 4.34 Å². The maximum Gasteiger partial charge on any atom is 0.270 e. The summed E-state index contributed by atoms with van der Waals surface area (Å²) >= 11 is 2.65. The van der Waals surface area contributed by atoms with Gasteiger partial charge in [0.05, 0.1) is 37.7 Å². The van der Waals surface area contributed by atoms with Gasteiger partial charge in [0.1, 0.15) is 0 Å². The summed E-state index contributed by atoms with van der Waals surface area (Å²) in [4.78, 5) is 54.3. The monoisotopic (exact) mass is 518 g/mol. The highest BCUT2D eigenvalue weighted by Gasteiger charge is 2.38. The van der Waals surface area contributed by atoms with Crippen molar-refractivity contribution in [2.75, 3.05) is 16.0 Å². The van der Waals surface area contributed by atoms with Crippen LogP contribution in [-0.4, -0.2) is 33.4 Å². The van der Waals surface area contributed by atoms with Crippen LogP contribution in [0.4, 0.5) is 17.1 Å². The van der Waals surface area contributed by atoms with Gasteiger partial charge in [-0.1, -0.05) is 23.9 Å². The summed E-state index contributed by atoms with van der Waals surface area (Å²) in [5.41, 5.74) is 3.72. The van der Waals surface area contributed by atoms with Gasteiger partial charge < -0.3 is 5.32 Å². The fourth-order valence-corrected chi connectivity index (χ4v) is 5.76. The summed E-state index contributed by atoms with van der Waals surface area (Å²) in [7, 11) is 0. The first kappa shape index (κ1) is 23.6. The molecule has 5 rings (SSSR count). The Morgan fingerprint density at radius 2 is 1.83 bits per heavy atom. The number of nitrogens with one attached hydrogen (secondary N) is 1. The smallest absolute Gasteiger partial charge is 0.270 e. The molecule has 9 nitrogen and oxygen atoms in total. The topological polar surface area (TPSA) is 123 Å². The van der Waals surface area contributed by atoms with Crippen molar-refractivity contribution in [1.82, 2.24) is 4.98 Å². The number of aryl methyl sites for hydroxylation is 2. The molecule has 4 aromatic rings. The number of amides is 3. The van der Waals surface area contributed by atoms with Crippen molar-refractivity contribution in [1.29, 1.82) is 0 Å². The van der Waals surface area contributed by atoms with Gasteiger partial charge in [-0.05, 0) is 55.3 Å². The number of anilines is 2. The number of thioether (sulfide) groups is 1. The molecule has 0 radical (unpaired) electrons. The third-order valence-electron chi connectivity index (χ3n) is 5.69. The second-order valence-corrected chi connectivity index (χ2v) is 10.5. The normalized spacial score (nSPS) is 12.8. The van der Waals surface area contributed by atoms with E-state index in [0.29, 0.717) is 15.5 Å². The Bertz CT molecular complexity index is 1600. The number of thiazole rings is 1. The Hall–Kier alpha value is -4.09. The van der Waals surface area contributed by atoms with Gasteiger partial charge in [0.2, 0.25) is 5.91 Å². The number of non-ortho nitro benzene ring substituents is 1. The molecule has 1 aromatic heterocycles. The number of hydrogen-bond donors (Lipinski definition) is 1. The van der Waals surface area contributed by atoms with Gasteiger partial charge in [-0.2, -0.15) is 0 Å². The number of fused-ring (bicyclic) bond motifs is 2. The molecular weight excluding hydrogens is 500 g/mol. The summed E-state index contributed by atoms with van der Waals surface area (Å²) < 4.78 is 1.42. The van der Waals surface area contributed by atoms with Gasteiger partial charge in [-0.3, -0.25) is 24.5 Å². The lowest BCUT2D eigenvalue weighted by Crippen LogP contribution is -2.29. The van der Waals surface area contributed by atoms with Crippen molar-refractivity contribution in [3.05, 3.63) is 87.0 Å². The molecule has 0 saturated carbocycles. The fraction of sp³-hybridized carbons (Fsp3) is 0.120. The number of nitro groups is 1. The Morgan fingerprint density at radius 3 is 2.61 bits per heavy atom. The lowest BCUT2D eigenvalue weighted by Gasteiger charge is -2.13. The van der Waals surface area contributed by atoms with Crippen molar-refractivity contribution < 1.29 is 19.3 Å². The maximum atomic E-state index is 12.9. The molecule has 1 aliphatic rings. The van der Waals surface area contributed by atoms with Gasteiger partial charge in [0, 0.05) is 17.8 Å². The number of nitro benzene ring substituents is 1. The maximum absolute atomic E-state index is 12.9. The van der Waals surface area contributed by atoms with E-state index in [1.54, 1.807) is 18.2 Å². The minimum absolute atomic E-state index is 0.00436. The number of nitrogens with zero attached hydrogens (tertiary/aromatic N) is 3. The molecule has 36 heavy (non-hydrogen) atoms. The molecule has 0 unspecified atom stereocenters. The molecule has 180 valence electrons. The lowest BCUT2D eigenvalue weighted by molar-refractivity contribution is -0.384. The van der Waals surface area contributed by atoms with Crippen molar-refractivity contribution in [2.24, 2.45) is 0 Å². The van der Waals surface area contributed by atoms with E-state index >= 15 is 0 Å². The minimum Gasteiger partial charge on any atom is -0.325 e. The van der Waals surface area contributed by atoms with Crippen LogP contribution in [0.5, 0.6) is 0 Å². The number of carbonyl (C=O) groups is 3. The standard InChI is InChI=1S/C25H18N4O5S2/c1-13-3-4-14(2)20(9-13)26-22(30)12-35-25-27-19-8-6-15(11-21(19)36-25)28-23(31)17-7-5-16(29(33)34)10-18(17)24(28)32/h3-11H,12H2,1-2H3,(H,26,30). The molecule has 0 aliphatic carbocycles. The van der Waals surface area contributed by atoms with Gasteiger partial charge in [-0.15, -0.1) is 11.3 Å². The molecule has 0 fully saturated rings. The minimum atomic E-state index is -0.611. The molecular formula is C25H18N4O5S2. The summed E-state index contributed by atoms with van der Waals surface area (Å²) in [6, 6.07) is 14.5. The summed E-state index contributed by atoms with van der Waals surface area (Å²) in [6.07, 6.45) is 0. The van der Waals surface area contributed by atoms with Gasteiger partial charge >= 0.3 is 0 Å². The van der Waals surface area contributed by atoms with E-state index < -0.39 is 16.7 Å². The highest BCUT2D eigenvalue weighted by Crippen LogP contribution is 2.35. The van der Waals surface area contributed by atoms with Crippen molar-refractivity contribution in [3.63, 3.8) is 0 Å². The zero-order valence-electron chi connectivity index (χ0n) is 19.1. The fourth-order valence-electron chi connectivity index (χ4n) is 3.85. The molecule has 0 spiro atoms. The van der Waals surface area contributed by atoms with Crippen LogP contribution >= 0.6 is 23.1 Å². The molecule has 0 saturated heterocycles. The van der Waals surface area contributed by atoms with E-state index in [4.69, 9.17) is 0 Å². The zero-order chi connectivity index (χ0) is 25.6. The lowest BCUT2D eigenvalue weighted by atomic mass is 10.1. The molecule has 11 heteroatoms. The van der Waals surface area contributed by atoms with Crippen LogP contribution in [0.1, 0.15) is 31.8 Å². The summed E-state index contributed by atoms with van der Waals surface area (Å²) in [5.74, 6) is -1.11. The molecule has 2 heterocycles. The number of aromatic nitrogens is 1. The van der Waals surface area contributed by atoms with Gasteiger partial charge in [-0.25, -0.2) is 9.88 Å². The Kier molecular flexibility index (Phi) is 6.02. The highest BCUT2D eigenvalue weighted by atomic mass is 32.2. The largest absolute Gasteiger partial charge is 0.325 e. The van der Waals surface area contributed by atoms with E-state index in [1.807, 2.05) is 32.0 Å². The summed E-state index contributed by atoms with van der Waals surface area (Å²) in [6.45, 7) is 3.90. The summed E-state index contributed by atoms with van der Waals surface area (Å²) in [5, 5.41) is 14.0. The molecule has 3 aromatic carbocycles.